The molecule has 0 heterocycles. The average molecular weight is 532 g/mol. The zero-order chi connectivity index (χ0) is 27.6. The van der Waals surface area contributed by atoms with Gasteiger partial charge in [0.05, 0.1) is 18.6 Å². The summed E-state index contributed by atoms with van der Waals surface area (Å²) in [6.07, 6.45) is 2.31. The van der Waals surface area contributed by atoms with Crippen LogP contribution in [-0.2, 0) is 26.2 Å². The Morgan fingerprint density at radius 3 is 2.38 bits per heavy atom. The number of nitrogens with one attached hydrogen (secondary N) is 1. The lowest BCUT2D eigenvalue weighted by molar-refractivity contribution is -0.140. The minimum atomic E-state index is -3.61. The highest BCUT2D eigenvalue weighted by molar-refractivity contribution is 7.92. The molecule has 0 radical (unpaired) electrons. The molecular weight excluding hydrogens is 490 g/mol. The van der Waals surface area contributed by atoms with Gasteiger partial charge in [0.15, 0.2) is 0 Å². The number of nitrogens with zero attached hydrogens (tertiary/aromatic N) is 2. The SMILES string of the molecule is CCOc1ccccc1N(CCCC(=O)N(Cc1cccc(C)c1)[C@H](C)C(=O)N[C@H](C)CC)S(C)(=O)=O. The molecule has 0 saturated carbocycles. The van der Waals surface area contributed by atoms with E-state index in [1.807, 2.05) is 52.0 Å². The Bertz CT molecular complexity index is 1150. The number of para-hydroxylation sites is 2. The van der Waals surface area contributed by atoms with Crippen LogP contribution < -0.4 is 14.4 Å². The van der Waals surface area contributed by atoms with Crippen molar-refractivity contribution >= 4 is 27.5 Å². The van der Waals surface area contributed by atoms with Crippen molar-refractivity contribution in [1.82, 2.24) is 10.2 Å². The van der Waals surface area contributed by atoms with Crippen molar-refractivity contribution in [2.45, 2.75) is 72.5 Å². The Morgan fingerprint density at radius 2 is 1.76 bits per heavy atom. The van der Waals surface area contributed by atoms with E-state index >= 15 is 0 Å². The smallest absolute Gasteiger partial charge is 0.242 e. The van der Waals surface area contributed by atoms with Gasteiger partial charge in [0.1, 0.15) is 11.8 Å². The zero-order valence-corrected chi connectivity index (χ0v) is 23.7. The number of benzene rings is 2. The van der Waals surface area contributed by atoms with Crippen LogP contribution in [0.15, 0.2) is 48.5 Å². The minimum absolute atomic E-state index is 0.000372. The molecule has 9 heteroatoms. The molecule has 37 heavy (non-hydrogen) atoms. The van der Waals surface area contributed by atoms with Crippen LogP contribution in [0.4, 0.5) is 5.69 Å². The van der Waals surface area contributed by atoms with Gasteiger partial charge in [-0.2, -0.15) is 0 Å². The van der Waals surface area contributed by atoms with Gasteiger partial charge in [0, 0.05) is 25.6 Å². The van der Waals surface area contributed by atoms with Gasteiger partial charge in [-0.1, -0.05) is 48.9 Å². The van der Waals surface area contributed by atoms with Crippen LogP contribution in [0.25, 0.3) is 0 Å². The van der Waals surface area contributed by atoms with Crippen molar-refractivity contribution in [2.75, 3.05) is 23.7 Å². The number of sulfonamides is 1. The van der Waals surface area contributed by atoms with Crippen LogP contribution in [0, 0.1) is 6.92 Å². The lowest BCUT2D eigenvalue weighted by Gasteiger charge is -2.30. The van der Waals surface area contributed by atoms with Gasteiger partial charge in [-0.05, 0) is 58.2 Å². The maximum Gasteiger partial charge on any atom is 0.242 e. The van der Waals surface area contributed by atoms with Gasteiger partial charge in [0.25, 0.3) is 0 Å². The molecule has 0 saturated heterocycles. The van der Waals surface area contributed by atoms with Crippen molar-refractivity contribution in [3.63, 3.8) is 0 Å². The van der Waals surface area contributed by atoms with Crippen LogP contribution in [-0.4, -0.2) is 56.6 Å². The van der Waals surface area contributed by atoms with E-state index in [4.69, 9.17) is 4.74 Å². The summed E-state index contributed by atoms with van der Waals surface area (Å²) in [4.78, 5) is 27.9. The van der Waals surface area contributed by atoms with Gasteiger partial charge < -0.3 is 15.0 Å². The summed E-state index contributed by atoms with van der Waals surface area (Å²) in [7, 11) is -3.61. The summed E-state index contributed by atoms with van der Waals surface area (Å²) in [5.41, 5.74) is 2.44. The zero-order valence-electron chi connectivity index (χ0n) is 22.9. The molecule has 204 valence electrons. The third-order valence-corrected chi connectivity index (χ3v) is 7.37. The van der Waals surface area contributed by atoms with Crippen molar-refractivity contribution in [3.8, 4) is 5.75 Å². The Morgan fingerprint density at radius 1 is 1.05 bits per heavy atom. The highest BCUT2D eigenvalue weighted by Gasteiger charge is 2.27. The average Bonchev–Trinajstić information content (AvgIpc) is 2.84. The normalized spacial score (nSPS) is 12.9. The monoisotopic (exact) mass is 531 g/mol. The fourth-order valence-electron chi connectivity index (χ4n) is 3.98. The molecule has 2 rings (SSSR count). The summed E-state index contributed by atoms with van der Waals surface area (Å²) >= 11 is 0. The molecule has 1 N–H and O–H groups in total. The predicted octanol–water partition coefficient (Wildman–Crippen LogP) is 4.27. The Hall–Kier alpha value is -3.07. The van der Waals surface area contributed by atoms with E-state index in [0.717, 1.165) is 23.8 Å². The van der Waals surface area contributed by atoms with E-state index in [2.05, 4.69) is 5.32 Å². The largest absolute Gasteiger partial charge is 0.492 e. The first kappa shape index (κ1) is 30.2. The summed E-state index contributed by atoms with van der Waals surface area (Å²) in [6, 6.07) is 14.1. The molecule has 8 nitrogen and oxygen atoms in total. The fraction of sp³-hybridized carbons (Fsp3) is 0.500. The molecule has 2 amide bonds. The number of ether oxygens (including phenoxy) is 1. The Kier molecular flexibility index (Phi) is 11.4. The fourth-order valence-corrected chi connectivity index (χ4v) is 4.95. The quantitative estimate of drug-likeness (QED) is 0.393. The van der Waals surface area contributed by atoms with Crippen LogP contribution in [0.5, 0.6) is 5.75 Å². The van der Waals surface area contributed by atoms with Crippen LogP contribution in [0.3, 0.4) is 0 Å². The van der Waals surface area contributed by atoms with Crippen molar-refractivity contribution in [2.24, 2.45) is 0 Å². The van der Waals surface area contributed by atoms with E-state index in [1.165, 1.54) is 4.31 Å². The second-order valence-corrected chi connectivity index (χ2v) is 11.3. The van der Waals surface area contributed by atoms with Crippen molar-refractivity contribution < 1.29 is 22.7 Å². The molecule has 2 aromatic carbocycles. The van der Waals surface area contributed by atoms with E-state index in [1.54, 1.807) is 36.1 Å². The highest BCUT2D eigenvalue weighted by Crippen LogP contribution is 2.30. The number of rotatable bonds is 14. The molecule has 0 aliphatic carbocycles. The van der Waals surface area contributed by atoms with Crippen molar-refractivity contribution in [3.05, 3.63) is 59.7 Å². The Labute approximate surface area is 222 Å². The predicted molar refractivity (Wildman–Crippen MR) is 148 cm³/mol. The standard InChI is InChI=1S/C28H41N3O5S/c1-7-22(4)29-28(33)23(5)30(20-24-14-11-13-21(3)19-24)27(32)17-12-18-31(37(6,34)35)25-15-9-10-16-26(25)36-8-2/h9-11,13-16,19,22-23H,7-8,12,17-18,20H2,1-6H3,(H,29,33)/t22-,23-/m1/s1. The second kappa shape index (κ2) is 14.0. The van der Waals surface area contributed by atoms with E-state index in [9.17, 15) is 18.0 Å². The lowest BCUT2D eigenvalue weighted by atomic mass is 10.1. The third kappa shape index (κ3) is 9.07. The first-order chi connectivity index (χ1) is 17.5. The third-order valence-electron chi connectivity index (χ3n) is 6.19. The molecule has 0 aliphatic rings. The Balaban J connectivity index is 2.21. The summed E-state index contributed by atoms with van der Waals surface area (Å²) in [6.45, 7) is 10.3. The molecule has 0 aromatic heterocycles. The molecule has 0 bridgehead atoms. The topological polar surface area (TPSA) is 96.0 Å². The van der Waals surface area contributed by atoms with E-state index in [-0.39, 0.29) is 37.2 Å². The van der Waals surface area contributed by atoms with Gasteiger partial charge in [-0.3, -0.25) is 13.9 Å². The van der Waals surface area contributed by atoms with Gasteiger partial charge in [-0.25, -0.2) is 8.42 Å². The van der Waals surface area contributed by atoms with E-state index in [0.29, 0.717) is 24.6 Å². The minimum Gasteiger partial charge on any atom is -0.492 e. The number of hydrogen-bond donors (Lipinski definition) is 1. The van der Waals surface area contributed by atoms with Gasteiger partial charge in [0.2, 0.25) is 21.8 Å². The van der Waals surface area contributed by atoms with Crippen LogP contribution >= 0.6 is 0 Å². The number of anilines is 1. The maximum absolute atomic E-state index is 13.4. The summed E-state index contributed by atoms with van der Waals surface area (Å²) < 4.78 is 32.1. The van der Waals surface area contributed by atoms with Gasteiger partial charge in [-0.15, -0.1) is 0 Å². The second-order valence-electron chi connectivity index (χ2n) is 9.34. The van der Waals surface area contributed by atoms with Crippen molar-refractivity contribution in [1.29, 1.82) is 0 Å². The molecule has 0 spiro atoms. The number of amides is 2. The summed E-state index contributed by atoms with van der Waals surface area (Å²) in [5, 5.41) is 2.96. The summed E-state index contributed by atoms with van der Waals surface area (Å²) in [5.74, 6) is 0.0526. The number of hydrogen-bond acceptors (Lipinski definition) is 5. The van der Waals surface area contributed by atoms with Gasteiger partial charge >= 0.3 is 0 Å². The maximum atomic E-state index is 13.4. The van der Waals surface area contributed by atoms with Crippen LogP contribution in [0.1, 0.15) is 58.1 Å². The number of carbonyl (C=O) groups is 2. The highest BCUT2D eigenvalue weighted by atomic mass is 32.2. The first-order valence-corrected chi connectivity index (χ1v) is 14.7. The first-order valence-electron chi connectivity index (χ1n) is 12.8. The number of aryl methyl sites for hydroxylation is 1. The molecular formula is C28H41N3O5S. The number of carbonyl (C=O) groups excluding carboxylic acids is 2. The lowest BCUT2D eigenvalue weighted by Crippen LogP contribution is -2.49. The molecule has 2 atom stereocenters. The van der Waals surface area contributed by atoms with Crippen LogP contribution in [0.2, 0.25) is 0 Å². The van der Waals surface area contributed by atoms with E-state index < -0.39 is 16.1 Å². The molecule has 0 aliphatic heterocycles. The molecule has 0 unspecified atom stereocenters. The molecule has 2 aromatic rings. The molecule has 0 fully saturated rings.